The quantitative estimate of drug-likeness (QED) is 0.844. The first-order valence-corrected chi connectivity index (χ1v) is 8.96. The van der Waals surface area contributed by atoms with Crippen molar-refractivity contribution < 1.29 is 4.74 Å². The van der Waals surface area contributed by atoms with Gasteiger partial charge in [-0.05, 0) is 56.1 Å². The topological polar surface area (TPSA) is 24.5 Å². The molecular formula is C21H28N2O. The molecule has 0 aromatic heterocycles. The Kier molecular flexibility index (Phi) is 6.27. The number of methoxy groups -OCH3 is 1. The molecule has 0 radical (unpaired) electrons. The predicted molar refractivity (Wildman–Crippen MR) is 99.4 cm³/mol. The highest BCUT2D eigenvalue weighted by atomic mass is 16.5. The molecule has 0 spiro atoms. The van der Waals surface area contributed by atoms with Gasteiger partial charge in [0.1, 0.15) is 5.75 Å². The molecule has 0 unspecified atom stereocenters. The van der Waals surface area contributed by atoms with Crippen LogP contribution in [0.15, 0.2) is 54.6 Å². The fourth-order valence-corrected chi connectivity index (χ4v) is 3.46. The molecule has 2 aromatic rings. The number of hydrogen-bond donors (Lipinski definition) is 1. The third kappa shape index (κ3) is 4.83. The number of nitrogens with zero attached hydrogens (tertiary/aromatic N) is 1. The van der Waals surface area contributed by atoms with E-state index in [0.29, 0.717) is 6.04 Å². The molecule has 1 aliphatic rings. The van der Waals surface area contributed by atoms with Crippen molar-refractivity contribution in [3.8, 4) is 5.75 Å². The first-order chi connectivity index (χ1) is 11.8. The summed E-state index contributed by atoms with van der Waals surface area (Å²) in [6.45, 7) is 4.46. The van der Waals surface area contributed by atoms with Crippen molar-refractivity contribution >= 4 is 0 Å². The Morgan fingerprint density at radius 2 is 1.71 bits per heavy atom. The summed E-state index contributed by atoms with van der Waals surface area (Å²) in [5.74, 6) is 0.997. The van der Waals surface area contributed by atoms with Gasteiger partial charge in [-0.2, -0.15) is 0 Å². The summed E-state index contributed by atoms with van der Waals surface area (Å²) in [5, 5.41) is 3.72. The van der Waals surface area contributed by atoms with Crippen LogP contribution in [0.5, 0.6) is 5.75 Å². The Hall–Kier alpha value is -1.84. The highest BCUT2D eigenvalue weighted by Gasteiger charge is 2.18. The number of rotatable bonds is 7. The monoisotopic (exact) mass is 324 g/mol. The van der Waals surface area contributed by atoms with E-state index in [0.717, 1.165) is 25.3 Å². The van der Waals surface area contributed by atoms with Gasteiger partial charge in [-0.25, -0.2) is 0 Å². The summed E-state index contributed by atoms with van der Waals surface area (Å²) < 4.78 is 5.42. The van der Waals surface area contributed by atoms with E-state index in [1.165, 1.54) is 37.1 Å². The molecule has 1 saturated heterocycles. The molecule has 0 bridgehead atoms. The summed E-state index contributed by atoms with van der Waals surface area (Å²) in [5.41, 5.74) is 2.70. The van der Waals surface area contributed by atoms with Crippen LogP contribution in [0.25, 0.3) is 0 Å². The lowest BCUT2D eigenvalue weighted by molar-refractivity contribution is 0.191. The summed E-state index contributed by atoms with van der Waals surface area (Å²) in [4.78, 5) is 2.56. The minimum absolute atomic E-state index is 0.645. The maximum absolute atomic E-state index is 5.42. The average Bonchev–Trinajstić information content (AvgIpc) is 2.64. The Bertz CT molecular complexity index is 606. The summed E-state index contributed by atoms with van der Waals surface area (Å²) in [7, 11) is 1.74. The van der Waals surface area contributed by atoms with Gasteiger partial charge in [-0.15, -0.1) is 0 Å². The van der Waals surface area contributed by atoms with Gasteiger partial charge < -0.3 is 10.1 Å². The number of likely N-dealkylation sites (tertiary alicyclic amines) is 1. The zero-order valence-corrected chi connectivity index (χ0v) is 14.6. The van der Waals surface area contributed by atoms with Crippen molar-refractivity contribution in [2.45, 2.75) is 31.8 Å². The molecule has 1 heterocycles. The zero-order chi connectivity index (χ0) is 16.6. The number of ether oxygens (including phenoxy) is 1. The number of nitrogens with one attached hydrogen (secondary N) is 1. The number of piperidine rings is 1. The second-order valence-corrected chi connectivity index (χ2v) is 6.55. The molecule has 3 heteroatoms. The van der Waals surface area contributed by atoms with E-state index in [1.54, 1.807) is 7.11 Å². The molecule has 24 heavy (non-hydrogen) atoms. The van der Waals surface area contributed by atoms with Crippen molar-refractivity contribution in [3.05, 3.63) is 65.7 Å². The maximum Gasteiger partial charge on any atom is 0.122 e. The second-order valence-electron chi connectivity index (χ2n) is 6.55. The molecule has 3 nitrogen and oxygen atoms in total. The molecule has 128 valence electrons. The van der Waals surface area contributed by atoms with Crippen molar-refractivity contribution in [2.24, 2.45) is 0 Å². The zero-order valence-electron chi connectivity index (χ0n) is 14.6. The van der Waals surface area contributed by atoms with Crippen LogP contribution >= 0.6 is 0 Å². The van der Waals surface area contributed by atoms with E-state index in [1.807, 2.05) is 12.1 Å². The van der Waals surface area contributed by atoms with E-state index >= 15 is 0 Å². The molecule has 0 saturated carbocycles. The summed E-state index contributed by atoms with van der Waals surface area (Å²) >= 11 is 0. The summed E-state index contributed by atoms with van der Waals surface area (Å²) in [6.07, 6.45) is 3.49. The molecule has 0 atom stereocenters. The van der Waals surface area contributed by atoms with E-state index in [2.05, 4.69) is 52.7 Å². The van der Waals surface area contributed by atoms with Gasteiger partial charge in [0.25, 0.3) is 0 Å². The van der Waals surface area contributed by atoms with Crippen LogP contribution in [-0.4, -0.2) is 37.7 Å². The fraction of sp³-hybridized carbons (Fsp3) is 0.429. The number of benzene rings is 2. The van der Waals surface area contributed by atoms with Crippen molar-refractivity contribution in [2.75, 3.05) is 26.7 Å². The van der Waals surface area contributed by atoms with Crippen molar-refractivity contribution in [1.29, 1.82) is 0 Å². The van der Waals surface area contributed by atoms with Crippen LogP contribution in [0.3, 0.4) is 0 Å². The molecule has 3 rings (SSSR count). The molecular weight excluding hydrogens is 296 g/mol. The minimum atomic E-state index is 0.645. The van der Waals surface area contributed by atoms with Crippen LogP contribution in [0, 0.1) is 0 Å². The first-order valence-electron chi connectivity index (χ1n) is 8.96. The van der Waals surface area contributed by atoms with Crippen LogP contribution in [0.1, 0.15) is 24.0 Å². The van der Waals surface area contributed by atoms with Gasteiger partial charge in [0.2, 0.25) is 0 Å². The van der Waals surface area contributed by atoms with Crippen LogP contribution in [0.4, 0.5) is 0 Å². The van der Waals surface area contributed by atoms with Crippen LogP contribution in [0.2, 0.25) is 0 Å². The van der Waals surface area contributed by atoms with Crippen molar-refractivity contribution in [3.63, 3.8) is 0 Å². The van der Waals surface area contributed by atoms with E-state index < -0.39 is 0 Å². The molecule has 0 aliphatic carbocycles. The number of para-hydroxylation sites is 1. The molecule has 1 N–H and O–H groups in total. The predicted octanol–water partition coefficient (Wildman–Crippen LogP) is 3.49. The highest BCUT2D eigenvalue weighted by molar-refractivity contribution is 5.33. The van der Waals surface area contributed by atoms with E-state index in [4.69, 9.17) is 4.74 Å². The lowest BCUT2D eigenvalue weighted by Gasteiger charge is -2.32. The van der Waals surface area contributed by atoms with Crippen molar-refractivity contribution in [1.82, 2.24) is 10.2 Å². The van der Waals surface area contributed by atoms with Gasteiger partial charge in [0.05, 0.1) is 7.11 Å². The fourth-order valence-electron chi connectivity index (χ4n) is 3.46. The Morgan fingerprint density at radius 3 is 2.46 bits per heavy atom. The normalized spacial score (nSPS) is 16.2. The molecule has 1 aliphatic heterocycles. The highest BCUT2D eigenvalue weighted by Crippen LogP contribution is 2.18. The van der Waals surface area contributed by atoms with Gasteiger partial charge >= 0.3 is 0 Å². The number of hydrogen-bond acceptors (Lipinski definition) is 3. The lowest BCUT2D eigenvalue weighted by Crippen LogP contribution is -2.42. The van der Waals surface area contributed by atoms with Crippen LogP contribution < -0.4 is 10.1 Å². The van der Waals surface area contributed by atoms with Crippen LogP contribution in [-0.2, 0) is 13.0 Å². The van der Waals surface area contributed by atoms with E-state index in [-0.39, 0.29) is 0 Å². The molecule has 2 aromatic carbocycles. The Labute approximate surface area is 145 Å². The third-order valence-electron chi connectivity index (χ3n) is 4.86. The minimum Gasteiger partial charge on any atom is -0.496 e. The van der Waals surface area contributed by atoms with Gasteiger partial charge in [-0.1, -0.05) is 48.5 Å². The van der Waals surface area contributed by atoms with E-state index in [9.17, 15) is 0 Å². The maximum atomic E-state index is 5.42. The smallest absolute Gasteiger partial charge is 0.122 e. The Morgan fingerprint density at radius 1 is 1.00 bits per heavy atom. The second kappa shape index (κ2) is 8.86. The standard InChI is InChI=1S/C21H28N2O/c1-24-21-10-6-5-9-19(21)11-14-22-20-12-15-23(16-13-20)17-18-7-3-2-4-8-18/h2-10,20,22H,11-17H2,1H3. The largest absolute Gasteiger partial charge is 0.496 e. The first kappa shape index (κ1) is 17.0. The molecule has 0 amide bonds. The van der Waals surface area contributed by atoms with Gasteiger partial charge in [-0.3, -0.25) is 4.90 Å². The SMILES string of the molecule is COc1ccccc1CCNC1CCN(Cc2ccccc2)CC1. The lowest BCUT2D eigenvalue weighted by atomic mass is 10.0. The average molecular weight is 324 g/mol. The van der Waals surface area contributed by atoms with Gasteiger partial charge in [0, 0.05) is 12.6 Å². The Balaban J connectivity index is 1.38. The summed E-state index contributed by atoms with van der Waals surface area (Å²) in [6, 6.07) is 19.7. The third-order valence-corrected chi connectivity index (χ3v) is 4.86. The van der Waals surface area contributed by atoms with Gasteiger partial charge in [0.15, 0.2) is 0 Å². The molecule has 1 fully saturated rings.